The van der Waals surface area contributed by atoms with Crippen LogP contribution in [0, 0.1) is 0 Å². The maximum absolute atomic E-state index is 11.8. The lowest BCUT2D eigenvalue weighted by atomic mass is 9.92. The highest BCUT2D eigenvalue weighted by Crippen LogP contribution is 2.16. The number of rotatable bonds is 7. The number of carboxylic acids is 1. The fraction of sp³-hybridized carbons (Fsp3) is 0.667. The SMILES string of the molecule is CCC=CC(=O)[C@@](O)(CC(=O)[O-])C[N+](C)(C)C. The minimum atomic E-state index is -1.90. The summed E-state index contributed by atoms with van der Waals surface area (Å²) in [5.41, 5.74) is -1.90. The number of quaternary nitrogens is 1. The number of allylic oxidation sites excluding steroid dienone is 1. The molecule has 0 radical (unpaired) electrons. The van der Waals surface area contributed by atoms with E-state index in [0.717, 1.165) is 0 Å². The molecule has 17 heavy (non-hydrogen) atoms. The molecule has 0 aromatic rings. The smallest absolute Gasteiger partial charge is 0.193 e. The molecular formula is C12H21NO4. The summed E-state index contributed by atoms with van der Waals surface area (Å²) < 4.78 is 0.287. The van der Waals surface area contributed by atoms with Gasteiger partial charge in [-0.05, 0) is 12.5 Å². The van der Waals surface area contributed by atoms with Crippen molar-refractivity contribution in [1.82, 2.24) is 0 Å². The Kier molecular flexibility index (Phi) is 5.51. The van der Waals surface area contributed by atoms with E-state index in [9.17, 15) is 19.8 Å². The Hall–Kier alpha value is -1.20. The standard InChI is InChI=1S/C12H21NO4/c1-5-6-7-10(14)12(17,8-11(15)16)9-13(2,3)4/h6-7,17H,5,8-9H2,1-4H3/t12-/m1/s1. The van der Waals surface area contributed by atoms with Crippen LogP contribution in [0.4, 0.5) is 0 Å². The molecule has 0 unspecified atom stereocenters. The summed E-state index contributed by atoms with van der Waals surface area (Å²) in [4.78, 5) is 22.4. The van der Waals surface area contributed by atoms with Crippen LogP contribution in [-0.2, 0) is 9.59 Å². The van der Waals surface area contributed by atoms with Crippen LogP contribution >= 0.6 is 0 Å². The molecule has 0 saturated carbocycles. The first-order chi connectivity index (χ1) is 7.60. The Balaban J connectivity index is 5.02. The van der Waals surface area contributed by atoms with Gasteiger partial charge >= 0.3 is 0 Å². The molecule has 0 spiro atoms. The highest BCUT2D eigenvalue weighted by atomic mass is 16.4. The number of carbonyl (C=O) groups excluding carboxylic acids is 2. The lowest BCUT2D eigenvalue weighted by Gasteiger charge is -2.34. The number of likely N-dealkylation sites (N-methyl/N-ethyl adjacent to an activating group) is 1. The molecule has 1 N–H and O–H groups in total. The number of aliphatic carboxylic acids is 1. The van der Waals surface area contributed by atoms with E-state index in [2.05, 4.69) is 0 Å². The van der Waals surface area contributed by atoms with Crippen LogP contribution in [0.1, 0.15) is 19.8 Å². The van der Waals surface area contributed by atoms with Crippen LogP contribution in [0.2, 0.25) is 0 Å². The summed E-state index contributed by atoms with van der Waals surface area (Å²) >= 11 is 0. The van der Waals surface area contributed by atoms with Crippen molar-refractivity contribution in [2.24, 2.45) is 0 Å². The quantitative estimate of drug-likeness (QED) is 0.464. The van der Waals surface area contributed by atoms with Crippen LogP contribution in [-0.4, -0.2) is 54.6 Å². The van der Waals surface area contributed by atoms with Gasteiger partial charge in [-0.1, -0.05) is 13.0 Å². The lowest BCUT2D eigenvalue weighted by molar-refractivity contribution is -0.875. The van der Waals surface area contributed by atoms with Crippen LogP contribution in [0.3, 0.4) is 0 Å². The van der Waals surface area contributed by atoms with Gasteiger partial charge in [0.15, 0.2) is 11.4 Å². The Morgan fingerprint density at radius 2 is 1.88 bits per heavy atom. The largest absolute Gasteiger partial charge is 0.550 e. The molecule has 0 aliphatic rings. The minimum absolute atomic E-state index is 0.0217. The summed E-state index contributed by atoms with van der Waals surface area (Å²) in [6.45, 7) is 1.87. The molecule has 5 heteroatoms. The molecule has 0 aliphatic heterocycles. The Morgan fingerprint density at radius 1 is 1.35 bits per heavy atom. The number of aliphatic hydroxyl groups is 1. The van der Waals surface area contributed by atoms with Crippen LogP contribution in [0.25, 0.3) is 0 Å². The van der Waals surface area contributed by atoms with E-state index < -0.39 is 23.8 Å². The molecule has 0 heterocycles. The number of carboxylic acid groups (broad SMARTS) is 1. The van der Waals surface area contributed by atoms with Gasteiger partial charge in [0.1, 0.15) is 6.54 Å². The van der Waals surface area contributed by atoms with Gasteiger partial charge in [-0.2, -0.15) is 0 Å². The van der Waals surface area contributed by atoms with Crippen molar-refractivity contribution >= 4 is 11.8 Å². The van der Waals surface area contributed by atoms with Gasteiger partial charge in [0, 0.05) is 12.4 Å². The normalized spacial score (nSPS) is 15.8. The second kappa shape index (κ2) is 5.93. The molecular weight excluding hydrogens is 222 g/mol. The third kappa shape index (κ3) is 6.19. The molecule has 0 amide bonds. The highest BCUT2D eigenvalue weighted by Gasteiger charge is 2.39. The van der Waals surface area contributed by atoms with E-state index in [1.165, 1.54) is 6.08 Å². The molecule has 0 aromatic heterocycles. The van der Waals surface area contributed by atoms with Crippen LogP contribution in [0.5, 0.6) is 0 Å². The summed E-state index contributed by atoms with van der Waals surface area (Å²) in [6, 6.07) is 0. The topological polar surface area (TPSA) is 77.4 Å². The Bertz CT molecular complexity index is 317. The number of hydrogen-bond acceptors (Lipinski definition) is 4. The predicted octanol–water partition coefficient (Wildman–Crippen LogP) is -0.901. The van der Waals surface area contributed by atoms with Crippen molar-refractivity contribution in [1.29, 1.82) is 0 Å². The van der Waals surface area contributed by atoms with Crippen molar-refractivity contribution in [3.63, 3.8) is 0 Å². The summed E-state index contributed by atoms with van der Waals surface area (Å²) in [6.07, 6.45) is 2.80. The van der Waals surface area contributed by atoms with E-state index in [-0.39, 0.29) is 11.0 Å². The fourth-order valence-electron chi connectivity index (χ4n) is 1.62. The first-order valence-electron chi connectivity index (χ1n) is 5.54. The lowest BCUT2D eigenvalue weighted by Crippen LogP contribution is -2.55. The number of ketones is 1. The monoisotopic (exact) mass is 243 g/mol. The van der Waals surface area contributed by atoms with Crippen molar-refractivity contribution in [2.75, 3.05) is 27.7 Å². The van der Waals surface area contributed by atoms with Gasteiger partial charge in [0.05, 0.1) is 21.1 Å². The van der Waals surface area contributed by atoms with E-state index in [1.54, 1.807) is 27.2 Å². The van der Waals surface area contributed by atoms with E-state index in [0.29, 0.717) is 6.42 Å². The molecule has 0 fully saturated rings. The molecule has 0 aliphatic carbocycles. The van der Waals surface area contributed by atoms with Crippen LogP contribution < -0.4 is 5.11 Å². The third-order valence-electron chi connectivity index (χ3n) is 2.14. The average molecular weight is 243 g/mol. The molecule has 1 atom stereocenters. The van der Waals surface area contributed by atoms with E-state index >= 15 is 0 Å². The van der Waals surface area contributed by atoms with Crippen molar-refractivity contribution < 1.29 is 24.3 Å². The Morgan fingerprint density at radius 3 is 2.24 bits per heavy atom. The average Bonchev–Trinajstić information content (AvgIpc) is 2.09. The Labute approximate surface area is 102 Å². The second-order valence-electron chi connectivity index (χ2n) is 5.20. The van der Waals surface area contributed by atoms with Gasteiger partial charge < -0.3 is 19.5 Å². The van der Waals surface area contributed by atoms with Gasteiger partial charge in [0.25, 0.3) is 0 Å². The molecule has 0 rings (SSSR count). The van der Waals surface area contributed by atoms with Gasteiger partial charge in [0.2, 0.25) is 0 Å². The van der Waals surface area contributed by atoms with Gasteiger partial charge in [-0.15, -0.1) is 0 Å². The first kappa shape index (κ1) is 15.8. The zero-order chi connectivity index (χ0) is 13.7. The summed E-state index contributed by atoms with van der Waals surface area (Å²) in [7, 11) is 5.32. The maximum atomic E-state index is 11.8. The molecule has 0 aromatic carbocycles. The summed E-state index contributed by atoms with van der Waals surface area (Å²) in [5, 5.41) is 20.8. The minimum Gasteiger partial charge on any atom is -0.550 e. The van der Waals surface area contributed by atoms with Crippen LogP contribution in [0.15, 0.2) is 12.2 Å². The second-order valence-corrected chi connectivity index (χ2v) is 5.20. The molecule has 5 nitrogen and oxygen atoms in total. The predicted molar refractivity (Wildman–Crippen MR) is 61.9 cm³/mol. The first-order valence-corrected chi connectivity index (χ1v) is 5.54. The fourth-order valence-corrected chi connectivity index (χ4v) is 1.62. The van der Waals surface area contributed by atoms with E-state index in [4.69, 9.17) is 0 Å². The zero-order valence-corrected chi connectivity index (χ0v) is 10.9. The molecule has 0 saturated heterocycles. The number of carbonyl (C=O) groups is 2. The third-order valence-corrected chi connectivity index (χ3v) is 2.14. The van der Waals surface area contributed by atoms with Crippen molar-refractivity contribution in [2.45, 2.75) is 25.4 Å². The number of nitrogens with zero attached hydrogens (tertiary/aromatic N) is 1. The maximum Gasteiger partial charge on any atom is 0.193 e. The summed E-state index contributed by atoms with van der Waals surface area (Å²) in [5.74, 6) is -2.02. The molecule has 98 valence electrons. The zero-order valence-electron chi connectivity index (χ0n) is 10.9. The van der Waals surface area contributed by atoms with Gasteiger partial charge in [-0.3, -0.25) is 4.79 Å². The van der Waals surface area contributed by atoms with Crippen molar-refractivity contribution in [3.05, 3.63) is 12.2 Å². The highest BCUT2D eigenvalue weighted by molar-refractivity contribution is 5.99. The van der Waals surface area contributed by atoms with Crippen molar-refractivity contribution in [3.8, 4) is 0 Å². The van der Waals surface area contributed by atoms with Gasteiger partial charge in [-0.25, -0.2) is 0 Å². The number of hydrogen-bond donors (Lipinski definition) is 1. The van der Waals surface area contributed by atoms with E-state index in [1.807, 2.05) is 6.92 Å². The molecule has 0 bridgehead atoms.